The van der Waals surface area contributed by atoms with Gasteiger partial charge in [0.05, 0.1) is 0 Å². The molecule has 0 radical (unpaired) electrons. The van der Waals surface area contributed by atoms with Crippen LogP contribution in [-0.4, -0.2) is 0 Å². The first kappa shape index (κ1) is 8.21. The summed E-state index contributed by atoms with van der Waals surface area (Å²) in [6.07, 6.45) is 1.92. The van der Waals surface area contributed by atoms with E-state index in [9.17, 15) is 0 Å². The van der Waals surface area contributed by atoms with Crippen molar-refractivity contribution in [2.24, 2.45) is 0 Å². The summed E-state index contributed by atoms with van der Waals surface area (Å²) in [5.74, 6) is 0. The fourth-order valence-electron chi connectivity index (χ4n) is 1.62. The van der Waals surface area contributed by atoms with E-state index in [2.05, 4.69) is 36.2 Å². The fourth-order valence-corrected chi connectivity index (χ4v) is 3.38. The van der Waals surface area contributed by atoms with Gasteiger partial charge in [0, 0.05) is 14.3 Å². The van der Waals surface area contributed by atoms with Crippen molar-refractivity contribution in [3.05, 3.63) is 41.1 Å². The van der Waals surface area contributed by atoms with Crippen molar-refractivity contribution in [3.8, 4) is 0 Å². The van der Waals surface area contributed by atoms with Crippen LogP contribution in [0.15, 0.2) is 36.2 Å². The molecule has 2 aromatic heterocycles. The maximum atomic E-state index is 3.80. The van der Waals surface area contributed by atoms with Crippen molar-refractivity contribution in [1.29, 1.82) is 0 Å². The molecule has 0 nitrogen and oxygen atoms in total. The molecular weight excluding hydrogens is 208 g/mol. The third-order valence-corrected chi connectivity index (χ3v) is 4.28. The minimum absolute atomic E-state index is 1.25. The summed E-state index contributed by atoms with van der Waals surface area (Å²) in [4.78, 5) is 1.25. The van der Waals surface area contributed by atoms with Gasteiger partial charge in [0.1, 0.15) is 0 Å². The molecule has 0 saturated heterocycles. The molecule has 2 heterocycles. The van der Waals surface area contributed by atoms with E-state index in [4.69, 9.17) is 0 Å². The Kier molecular flexibility index (Phi) is 1.72. The monoisotopic (exact) mass is 216 g/mol. The van der Waals surface area contributed by atoms with Crippen LogP contribution < -0.4 is 0 Å². The van der Waals surface area contributed by atoms with Gasteiger partial charge in [-0.1, -0.05) is 12.7 Å². The standard InChI is InChI=1S/C12H8S2/c1-2-10-5-9-7-11-8(3-4-13-11)6-12(9)14-10/h2-7H,1H2. The highest BCUT2D eigenvalue weighted by atomic mass is 32.1. The summed E-state index contributed by atoms with van der Waals surface area (Å²) < 4.78 is 2.72. The van der Waals surface area contributed by atoms with Crippen molar-refractivity contribution in [1.82, 2.24) is 0 Å². The summed E-state index contributed by atoms with van der Waals surface area (Å²) in [6.45, 7) is 3.80. The van der Waals surface area contributed by atoms with Crippen LogP contribution in [0.4, 0.5) is 0 Å². The minimum atomic E-state index is 1.25. The highest BCUT2D eigenvalue weighted by Crippen LogP contribution is 2.32. The molecule has 0 spiro atoms. The average molecular weight is 216 g/mol. The molecule has 0 atom stereocenters. The fraction of sp³-hybridized carbons (Fsp3) is 0. The molecule has 0 aliphatic carbocycles. The first-order valence-electron chi connectivity index (χ1n) is 4.40. The van der Waals surface area contributed by atoms with Crippen molar-refractivity contribution < 1.29 is 0 Å². The molecule has 0 N–H and O–H groups in total. The summed E-state index contributed by atoms with van der Waals surface area (Å²) in [5.41, 5.74) is 0. The molecule has 3 rings (SSSR count). The van der Waals surface area contributed by atoms with E-state index < -0.39 is 0 Å². The van der Waals surface area contributed by atoms with E-state index in [0.29, 0.717) is 0 Å². The third kappa shape index (κ3) is 1.11. The smallest absolute Gasteiger partial charge is 0.0356 e. The van der Waals surface area contributed by atoms with Crippen LogP contribution in [0.3, 0.4) is 0 Å². The number of hydrogen-bond acceptors (Lipinski definition) is 2. The number of hydrogen-bond donors (Lipinski definition) is 0. The number of thiophene rings is 2. The van der Waals surface area contributed by atoms with Crippen molar-refractivity contribution in [2.75, 3.05) is 0 Å². The zero-order valence-corrected chi connectivity index (χ0v) is 9.12. The first-order chi connectivity index (χ1) is 6.86. The maximum absolute atomic E-state index is 3.80. The Balaban J connectivity index is 2.46. The Morgan fingerprint density at radius 1 is 1.07 bits per heavy atom. The summed E-state index contributed by atoms with van der Waals surface area (Å²) in [7, 11) is 0. The van der Waals surface area contributed by atoms with Gasteiger partial charge in [0.2, 0.25) is 0 Å². The van der Waals surface area contributed by atoms with Crippen molar-refractivity contribution >= 4 is 48.9 Å². The van der Waals surface area contributed by atoms with Gasteiger partial charge in [0.25, 0.3) is 0 Å². The number of fused-ring (bicyclic) bond motifs is 2. The van der Waals surface area contributed by atoms with Gasteiger partial charge in [-0.25, -0.2) is 0 Å². The zero-order chi connectivity index (χ0) is 9.54. The molecule has 1 aromatic carbocycles. The molecule has 0 amide bonds. The van der Waals surface area contributed by atoms with Crippen LogP contribution in [0.5, 0.6) is 0 Å². The molecule has 0 saturated carbocycles. The quantitative estimate of drug-likeness (QED) is 0.550. The number of rotatable bonds is 1. The lowest BCUT2D eigenvalue weighted by molar-refractivity contribution is 2.01. The van der Waals surface area contributed by atoms with E-state index >= 15 is 0 Å². The lowest BCUT2D eigenvalue weighted by atomic mass is 10.2. The van der Waals surface area contributed by atoms with Crippen LogP contribution in [0.1, 0.15) is 4.88 Å². The van der Waals surface area contributed by atoms with Crippen LogP contribution in [0, 0.1) is 0 Å². The SMILES string of the molecule is C=Cc1cc2cc3sccc3cc2s1. The second kappa shape index (κ2) is 2.94. The normalized spacial score (nSPS) is 11.1. The number of benzene rings is 1. The molecule has 0 fully saturated rings. The van der Waals surface area contributed by atoms with Gasteiger partial charge in [-0.15, -0.1) is 22.7 Å². The minimum Gasteiger partial charge on any atom is -0.144 e. The second-order valence-electron chi connectivity index (χ2n) is 3.20. The Morgan fingerprint density at radius 2 is 1.93 bits per heavy atom. The largest absolute Gasteiger partial charge is 0.144 e. The Labute approximate surface area is 90.1 Å². The van der Waals surface area contributed by atoms with E-state index in [1.165, 1.54) is 25.0 Å². The summed E-state index contributed by atoms with van der Waals surface area (Å²) >= 11 is 3.60. The Bertz CT molecular complexity index is 565. The van der Waals surface area contributed by atoms with Gasteiger partial charge in [-0.05, 0) is 40.4 Å². The van der Waals surface area contributed by atoms with Gasteiger partial charge in [0.15, 0.2) is 0 Å². The van der Waals surface area contributed by atoms with Gasteiger partial charge >= 0.3 is 0 Å². The van der Waals surface area contributed by atoms with Crippen LogP contribution in [0.25, 0.3) is 26.2 Å². The maximum Gasteiger partial charge on any atom is 0.0356 e. The molecule has 0 aliphatic heterocycles. The topological polar surface area (TPSA) is 0 Å². The van der Waals surface area contributed by atoms with E-state index in [0.717, 1.165) is 0 Å². The van der Waals surface area contributed by atoms with Gasteiger partial charge in [-0.2, -0.15) is 0 Å². The average Bonchev–Trinajstić information content (AvgIpc) is 2.77. The molecule has 68 valence electrons. The van der Waals surface area contributed by atoms with Crippen LogP contribution in [0.2, 0.25) is 0 Å². The molecule has 14 heavy (non-hydrogen) atoms. The zero-order valence-electron chi connectivity index (χ0n) is 7.49. The lowest BCUT2D eigenvalue weighted by Crippen LogP contribution is -1.62. The second-order valence-corrected chi connectivity index (χ2v) is 5.26. The molecule has 0 unspecified atom stereocenters. The van der Waals surface area contributed by atoms with Gasteiger partial charge < -0.3 is 0 Å². The van der Waals surface area contributed by atoms with E-state index in [1.54, 1.807) is 22.7 Å². The molecule has 3 aromatic rings. The highest BCUT2D eigenvalue weighted by molar-refractivity contribution is 7.20. The Hall–Kier alpha value is -1.12. The van der Waals surface area contributed by atoms with Crippen molar-refractivity contribution in [3.63, 3.8) is 0 Å². The van der Waals surface area contributed by atoms with Gasteiger partial charge in [-0.3, -0.25) is 0 Å². The third-order valence-electron chi connectivity index (χ3n) is 2.31. The lowest BCUT2D eigenvalue weighted by Gasteiger charge is -1.89. The van der Waals surface area contributed by atoms with Crippen LogP contribution in [-0.2, 0) is 0 Å². The first-order valence-corrected chi connectivity index (χ1v) is 6.10. The molecular formula is C12H8S2. The van der Waals surface area contributed by atoms with E-state index in [-0.39, 0.29) is 0 Å². The van der Waals surface area contributed by atoms with Crippen LogP contribution >= 0.6 is 22.7 Å². The Morgan fingerprint density at radius 3 is 2.79 bits per heavy atom. The predicted molar refractivity (Wildman–Crippen MR) is 67.3 cm³/mol. The molecule has 0 aliphatic rings. The van der Waals surface area contributed by atoms with Crippen molar-refractivity contribution in [2.45, 2.75) is 0 Å². The summed E-state index contributed by atoms with van der Waals surface area (Å²) in [5, 5.41) is 4.82. The summed E-state index contributed by atoms with van der Waals surface area (Å²) in [6, 6.07) is 8.90. The molecule has 2 heteroatoms. The molecule has 0 bridgehead atoms. The van der Waals surface area contributed by atoms with E-state index in [1.807, 2.05) is 6.08 Å². The highest BCUT2D eigenvalue weighted by Gasteiger charge is 2.02. The predicted octanol–water partition coefficient (Wildman–Crippen LogP) is 4.76.